The van der Waals surface area contributed by atoms with Crippen molar-refractivity contribution in [2.75, 3.05) is 10.6 Å². The number of carbonyl (C=O) groups excluding carboxylic acids is 1. The molecule has 0 atom stereocenters. The largest absolute Gasteiger partial charge is 0.340 e. The van der Waals surface area contributed by atoms with Gasteiger partial charge < -0.3 is 10.6 Å². The monoisotopic (exact) mass is 350 g/mol. The average Bonchev–Trinajstić information content (AvgIpc) is 2.83. The number of carbonyl (C=O) groups is 1. The van der Waals surface area contributed by atoms with Gasteiger partial charge in [-0.3, -0.25) is 9.48 Å². The second-order valence-electron chi connectivity index (χ2n) is 6.28. The van der Waals surface area contributed by atoms with E-state index in [4.69, 9.17) is 4.98 Å². The van der Waals surface area contributed by atoms with Crippen LogP contribution in [0.15, 0.2) is 30.5 Å². The number of benzene rings is 1. The first-order chi connectivity index (χ1) is 12.3. The Balaban J connectivity index is 1.90. The summed E-state index contributed by atoms with van der Waals surface area (Å²) in [6.07, 6.45) is 1.81. The molecule has 26 heavy (non-hydrogen) atoms. The van der Waals surface area contributed by atoms with Crippen LogP contribution in [0.3, 0.4) is 0 Å². The van der Waals surface area contributed by atoms with E-state index < -0.39 is 0 Å². The zero-order valence-electron chi connectivity index (χ0n) is 15.6. The highest BCUT2D eigenvalue weighted by molar-refractivity contribution is 5.88. The second kappa shape index (κ2) is 6.95. The van der Waals surface area contributed by atoms with E-state index in [0.29, 0.717) is 5.82 Å². The molecule has 2 aromatic heterocycles. The van der Waals surface area contributed by atoms with E-state index in [0.717, 1.165) is 39.7 Å². The van der Waals surface area contributed by atoms with E-state index in [1.807, 2.05) is 63.0 Å². The molecule has 7 heteroatoms. The molecule has 0 saturated heterocycles. The molecule has 0 radical (unpaired) electrons. The van der Waals surface area contributed by atoms with Crippen molar-refractivity contribution >= 4 is 23.1 Å². The summed E-state index contributed by atoms with van der Waals surface area (Å²) >= 11 is 0. The van der Waals surface area contributed by atoms with Gasteiger partial charge >= 0.3 is 0 Å². The summed E-state index contributed by atoms with van der Waals surface area (Å²) in [5, 5.41) is 10.5. The van der Waals surface area contributed by atoms with E-state index in [1.165, 1.54) is 6.92 Å². The molecule has 3 rings (SSSR count). The molecular formula is C19H22N6O. The number of amides is 1. The molecule has 0 aliphatic rings. The Morgan fingerprint density at radius 3 is 2.31 bits per heavy atom. The van der Waals surface area contributed by atoms with Gasteiger partial charge in [0.05, 0.1) is 11.3 Å². The van der Waals surface area contributed by atoms with Gasteiger partial charge in [0.2, 0.25) is 5.91 Å². The average molecular weight is 350 g/mol. The lowest BCUT2D eigenvalue weighted by molar-refractivity contribution is -0.114. The van der Waals surface area contributed by atoms with Crippen LogP contribution in [-0.4, -0.2) is 25.7 Å². The zero-order valence-corrected chi connectivity index (χ0v) is 15.6. The van der Waals surface area contributed by atoms with Crippen molar-refractivity contribution < 1.29 is 4.79 Å². The molecule has 1 amide bonds. The normalized spacial score (nSPS) is 10.7. The lowest BCUT2D eigenvalue weighted by Gasteiger charge is -2.11. The fraction of sp³-hybridized carbons (Fsp3) is 0.263. The Morgan fingerprint density at radius 1 is 1.08 bits per heavy atom. The molecule has 2 N–H and O–H groups in total. The predicted molar refractivity (Wildman–Crippen MR) is 102 cm³/mol. The van der Waals surface area contributed by atoms with E-state index in [2.05, 4.69) is 20.7 Å². The van der Waals surface area contributed by atoms with Crippen LogP contribution < -0.4 is 10.6 Å². The topological polar surface area (TPSA) is 84.7 Å². The Hall–Kier alpha value is -3.22. The van der Waals surface area contributed by atoms with E-state index in [1.54, 1.807) is 0 Å². The first kappa shape index (κ1) is 17.6. The van der Waals surface area contributed by atoms with Crippen molar-refractivity contribution in [1.82, 2.24) is 19.7 Å². The highest BCUT2D eigenvalue weighted by Gasteiger charge is 2.15. The number of nitrogens with zero attached hydrogens (tertiary/aromatic N) is 4. The van der Waals surface area contributed by atoms with Crippen molar-refractivity contribution in [2.45, 2.75) is 27.7 Å². The van der Waals surface area contributed by atoms with Crippen LogP contribution in [0.2, 0.25) is 0 Å². The maximum Gasteiger partial charge on any atom is 0.221 e. The summed E-state index contributed by atoms with van der Waals surface area (Å²) in [4.78, 5) is 20.3. The van der Waals surface area contributed by atoms with Crippen LogP contribution in [0.5, 0.6) is 0 Å². The standard InChI is InChI=1S/C19H22N6O/c1-11-10-20-19(17-12(2)24-25(5)13(17)3)23-18(11)22-16-8-6-15(7-9-16)21-14(4)26/h6-10H,1-5H3,(H,21,26)(H,20,22,23). The summed E-state index contributed by atoms with van der Waals surface area (Å²) in [5.41, 5.74) is 5.46. The molecule has 7 nitrogen and oxygen atoms in total. The number of hydrogen-bond acceptors (Lipinski definition) is 5. The predicted octanol–water partition coefficient (Wildman–Crippen LogP) is 3.50. The van der Waals surface area contributed by atoms with Crippen molar-refractivity contribution in [3.05, 3.63) is 47.4 Å². The fourth-order valence-electron chi connectivity index (χ4n) is 2.76. The SMILES string of the molecule is CC(=O)Nc1ccc(Nc2nc(-c3c(C)nn(C)c3C)ncc2C)cc1. The van der Waals surface area contributed by atoms with Crippen LogP contribution in [0.25, 0.3) is 11.4 Å². The van der Waals surface area contributed by atoms with Gasteiger partial charge in [0.15, 0.2) is 5.82 Å². The summed E-state index contributed by atoms with van der Waals surface area (Å²) < 4.78 is 1.84. The molecule has 0 bridgehead atoms. The van der Waals surface area contributed by atoms with Gasteiger partial charge in [-0.1, -0.05) is 0 Å². The summed E-state index contributed by atoms with van der Waals surface area (Å²) in [6.45, 7) is 7.41. The lowest BCUT2D eigenvalue weighted by Crippen LogP contribution is -2.05. The number of aromatic nitrogens is 4. The highest BCUT2D eigenvalue weighted by Crippen LogP contribution is 2.26. The summed E-state index contributed by atoms with van der Waals surface area (Å²) in [7, 11) is 1.91. The number of anilines is 3. The van der Waals surface area contributed by atoms with Crippen molar-refractivity contribution in [3.63, 3.8) is 0 Å². The molecule has 0 fully saturated rings. The van der Waals surface area contributed by atoms with Gasteiger partial charge in [-0.15, -0.1) is 0 Å². The summed E-state index contributed by atoms with van der Waals surface area (Å²) in [6, 6.07) is 7.48. The van der Waals surface area contributed by atoms with Gasteiger partial charge in [-0.2, -0.15) is 5.10 Å². The third-order valence-corrected chi connectivity index (χ3v) is 4.17. The third-order valence-electron chi connectivity index (χ3n) is 4.17. The van der Waals surface area contributed by atoms with Crippen molar-refractivity contribution in [1.29, 1.82) is 0 Å². The van der Waals surface area contributed by atoms with E-state index >= 15 is 0 Å². The highest BCUT2D eigenvalue weighted by atomic mass is 16.1. The molecular weight excluding hydrogens is 328 g/mol. The third kappa shape index (κ3) is 3.56. The van der Waals surface area contributed by atoms with Crippen LogP contribution in [0.1, 0.15) is 23.9 Å². The number of nitrogens with one attached hydrogen (secondary N) is 2. The van der Waals surface area contributed by atoms with Crippen LogP contribution in [0.4, 0.5) is 17.2 Å². The molecule has 134 valence electrons. The quantitative estimate of drug-likeness (QED) is 0.752. The Labute approximate surface area is 152 Å². The Morgan fingerprint density at radius 2 is 1.73 bits per heavy atom. The molecule has 2 heterocycles. The van der Waals surface area contributed by atoms with Crippen LogP contribution >= 0.6 is 0 Å². The minimum absolute atomic E-state index is 0.0933. The van der Waals surface area contributed by atoms with E-state index in [-0.39, 0.29) is 5.91 Å². The molecule has 3 aromatic rings. The second-order valence-corrected chi connectivity index (χ2v) is 6.28. The molecule has 0 unspecified atom stereocenters. The smallest absolute Gasteiger partial charge is 0.221 e. The van der Waals surface area contributed by atoms with Crippen molar-refractivity contribution in [2.24, 2.45) is 7.05 Å². The van der Waals surface area contributed by atoms with Crippen molar-refractivity contribution in [3.8, 4) is 11.4 Å². The number of hydrogen-bond donors (Lipinski definition) is 2. The number of aryl methyl sites for hydroxylation is 3. The Kier molecular flexibility index (Phi) is 4.71. The van der Waals surface area contributed by atoms with Crippen LogP contribution in [-0.2, 0) is 11.8 Å². The fourth-order valence-corrected chi connectivity index (χ4v) is 2.76. The maximum absolute atomic E-state index is 11.1. The molecule has 0 aliphatic carbocycles. The number of rotatable bonds is 4. The van der Waals surface area contributed by atoms with Gasteiger partial charge in [0.1, 0.15) is 5.82 Å². The zero-order chi connectivity index (χ0) is 18.8. The van der Waals surface area contributed by atoms with Crippen LogP contribution in [0, 0.1) is 20.8 Å². The van der Waals surface area contributed by atoms with Gasteiger partial charge in [-0.25, -0.2) is 9.97 Å². The van der Waals surface area contributed by atoms with Gasteiger partial charge in [-0.05, 0) is 45.0 Å². The Bertz CT molecular complexity index is 959. The molecule has 1 aromatic carbocycles. The first-order valence-corrected chi connectivity index (χ1v) is 8.34. The maximum atomic E-state index is 11.1. The lowest BCUT2D eigenvalue weighted by atomic mass is 10.2. The van der Waals surface area contributed by atoms with Gasteiger partial charge in [0, 0.05) is 42.8 Å². The molecule has 0 aliphatic heterocycles. The van der Waals surface area contributed by atoms with Gasteiger partial charge in [0.25, 0.3) is 0 Å². The molecule has 0 saturated carbocycles. The summed E-state index contributed by atoms with van der Waals surface area (Å²) in [5.74, 6) is 1.30. The minimum Gasteiger partial charge on any atom is -0.340 e. The molecule has 0 spiro atoms. The van der Waals surface area contributed by atoms with E-state index in [9.17, 15) is 4.79 Å². The first-order valence-electron chi connectivity index (χ1n) is 8.34. The minimum atomic E-state index is -0.0933.